The summed E-state index contributed by atoms with van der Waals surface area (Å²) in [6.45, 7) is 13.0. The molecule has 270 valence electrons. The highest BCUT2D eigenvalue weighted by Crippen LogP contribution is 2.31. The van der Waals surface area contributed by atoms with Crippen molar-refractivity contribution in [2.45, 2.75) is 91.2 Å². The number of benzene rings is 2. The summed E-state index contributed by atoms with van der Waals surface area (Å²) in [5.41, 5.74) is 3.86. The molecule has 50 heavy (non-hydrogen) atoms. The number of nitrogens with zero attached hydrogens (tertiary/aromatic N) is 5. The minimum Gasteiger partial charge on any atom is -0.385 e. The van der Waals surface area contributed by atoms with Gasteiger partial charge in [-0.1, -0.05) is 30.2 Å². The predicted octanol–water partition coefficient (Wildman–Crippen LogP) is 6.61. The number of oxime groups is 1. The Morgan fingerprint density at radius 1 is 1.02 bits per heavy atom. The standard InChI is InChI=1S/C24H31FN4O3.C12H13FN2O.C2H6/c1-16-5-6-19(25)14-22(16)32-26-15-18-7-11-28(12-8-18)13-9-20-17(2)27-23-21(30)4-3-10-29(23)24(20)31;13-9-1-2-10-11(7-9)16-15-12(10)8-3-5-14-6-4-8;1-2/h5-6,14-15,18,21,30H,3-4,7-13H2,1-2H3;1-2,7-8,14H,3-6H2;1-2H3/b26-15+;;. The van der Waals surface area contributed by atoms with Crippen LogP contribution in [0.5, 0.6) is 5.75 Å². The average molecular weight is 693 g/mol. The van der Waals surface area contributed by atoms with Crippen LogP contribution in [0.25, 0.3) is 11.0 Å². The van der Waals surface area contributed by atoms with Gasteiger partial charge in [0.05, 0.1) is 5.69 Å². The number of aliphatic hydroxyl groups is 1. The number of aliphatic hydroxyl groups excluding tert-OH is 1. The zero-order chi connectivity index (χ0) is 35.6. The lowest BCUT2D eigenvalue weighted by Gasteiger charge is -2.30. The van der Waals surface area contributed by atoms with Gasteiger partial charge in [0.1, 0.15) is 23.6 Å². The van der Waals surface area contributed by atoms with Crippen molar-refractivity contribution >= 4 is 17.2 Å². The number of rotatable bonds is 7. The number of hydrogen-bond donors (Lipinski definition) is 2. The zero-order valence-corrected chi connectivity index (χ0v) is 29.6. The van der Waals surface area contributed by atoms with Crippen LogP contribution in [0, 0.1) is 31.4 Å². The molecule has 3 aliphatic rings. The quantitative estimate of drug-likeness (QED) is 0.164. The highest BCUT2D eigenvalue weighted by Gasteiger charge is 2.25. The molecule has 2 saturated heterocycles. The smallest absolute Gasteiger partial charge is 0.257 e. The summed E-state index contributed by atoms with van der Waals surface area (Å²) < 4.78 is 33.2. The first-order chi connectivity index (χ1) is 24.3. The Hall–Kier alpha value is -4.00. The molecule has 2 aromatic heterocycles. The molecule has 0 spiro atoms. The van der Waals surface area contributed by atoms with E-state index < -0.39 is 6.10 Å². The molecule has 7 rings (SSSR count). The monoisotopic (exact) mass is 692 g/mol. The van der Waals surface area contributed by atoms with E-state index in [2.05, 4.69) is 25.5 Å². The molecule has 0 aliphatic carbocycles. The van der Waals surface area contributed by atoms with E-state index in [1.807, 2.05) is 33.9 Å². The van der Waals surface area contributed by atoms with Gasteiger partial charge in [0, 0.05) is 54.0 Å². The number of halogens is 2. The molecule has 0 saturated carbocycles. The van der Waals surface area contributed by atoms with E-state index in [-0.39, 0.29) is 17.2 Å². The van der Waals surface area contributed by atoms with Crippen molar-refractivity contribution in [1.29, 1.82) is 0 Å². The largest absolute Gasteiger partial charge is 0.385 e. The summed E-state index contributed by atoms with van der Waals surface area (Å²) in [5, 5.41) is 22.6. The van der Waals surface area contributed by atoms with Crippen LogP contribution in [-0.4, -0.2) is 63.7 Å². The Bertz CT molecular complexity index is 1790. The fourth-order valence-electron chi connectivity index (χ4n) is 6.81. The van der Waals surface area contributed by atoms with Crippen LogP contribution in [-0.2, 0) is 13.0 Å². The van der Waals surface area contributed by atoms with Crippen molar-refractivity contribution in [3.05, 3.63) is 86.7 Å². The van der Waals surface area contributed by atoms with Crippen LogP contribution in [0.15, 0.2) is 50.9 Å². The Morgan fingerprint density at radius 2 is 1.74 bits per heavy atom. The second-order valence-electron chi connectivity index (χ2n) is 13.1. The highest BCUT2D eigenvalue weighted by molar-refractivity contribution is 5.79. The van der Waals surface area contributed by atoms with E-state index in [9.17, 15) is 18.7 Å². The molecule has 0 radical (unpaired) electrons. The second kappa shape index (κ2) is 17.8. The molecular formula is C38H50F2N6O4. The summed E-state index contributed by atoms with van der Waals surface area (Å²) in [6, 6.07) is 9.04. The Kier molecular flexibility index (Phi) is 13.2. The van der Waals surface area contributed by atoms with E-state index >= 15 is 0 Å². The van der Waals surface area contributed by atoms with Gasteiger partial charge >= 0.3 is 0 Å². The van der Waals surface area contributed by atoms with Gasteiger partial charge in [-0.05, 0) is 115 Å². The van der Waals surface area contributed by atoms with E-state index in [0.717, 1.165) is 92.7 Å². The number of fused-ring (bicyclic) bond motifs is 2. The Morgan fingerprint density at radius 3 is 2.50 bits per heavy atom. The minimum atomic E-state index is -0.640. The summed E-state index contributed by atoms with van der Waals surface area (Å²) in [6.07, 6.45) is 7.36. The van der Waals surface area contributed by atoms with Crippen molar-refractivity contribution in [3.63, 3.8) is 0 Å². The molecule has 1 unspecified atom stereocenters. The summed E-state index contributed by atoms with van der Waals surface area (Å²) in [4.78, 5) is 25.2. The van der Waals surface area contributed by atoms with Gasteiger partial charge in [-0.2, -0.15) is 0 Å². The first-order valence-electron chi connectivity index (χ1n) is 18.0. The second-order valence-corrected chi connectivity index (χ2v) is 13.1. The van der Waals surface area contributed by atoms with Crippen molar-refractivity contribution in [2.24, 2.45) is 11.1 Å². The predicted molar refractivity (Wildman–Crippen MR) is 191 cm³/mol. The van der Waals surface area contributed by atoms with Crippen molar-refractivity contribution in [3.8, 4) is 5.75 Å². The Balaban J connectivity index is 0.000000225. The van der Waals surface area contributed by atoms with Gasteiger partial charge < -0.3 is 24.7 Å². The van der Waals surface area contributed by atoms with Crippen LogP contribution in [0.1, 0.15) is 92.7 Å². The first-order valence-corrected chi connectivity index (χ1v) is 18.0. The maximum Gasteiger partial charge on any atom is 0.257 e. The summed E-state index contributed by atoms with van der Waals surface area (Å²) >= 11 is 0. The molecule has 2 fully saturated rings. The molecule has 5 heterocycles. The van der Waals surface area contributed by atoms with Gasteiger partial charge in [-0.15, -0.1) is 0 Å². The lowest BCUT2D eigenvalue weighted by atomic mass is 9.93. The lowest BCUT2D eigenvalue weighted by molar-refractivity contribution is 0.129. The average Bonchev–Trinajstić information content (AvgIpc) is 3.55. The maximum absolute atomic E-state index is 13.3. The molecule has 0 amide bonds. The van der Waals surface area contributed by atoms with Crippen LogP contribution in [0.3, 0.4) is 0 Å². The van der Waals surface area contributed by atoms with Gasteiger partial charge in [0.2, 0.25) is 0 Å². The van der Waals surface area contributed by atoms with E-state index in [1.165, 1.54) is 24.3 Å². The minimum absolute atomic E-state index is 0.00180. The molecule has 4 aromatic rings. The molecular weight excluding hydrogens is 642 g/mol. The fourth-order valence-corrected chi connectivity index (χ4v) is 6.81. The fraction of sp³-hybridized carbons (Fsp3) is 0.526. The first kappa shape index (κ1) is 37.3. The highest BCUT2D eigenvalue weighted by atomic mass is 19.1. The van der Waals surface area contributed by atoms with Gasteiger partial charge in [0.15, 0.2) is 11.3 Å². The SMILES string of the molecule is CC.Cc1ccc(F)cc1O/N=C/C1CCN(CCc2c(C)nc3n(c2=O)CCCC3O)CC1.Fc1ccc2c(C3CCNCC3)noc2c1. The van der Waals surface area contributed by atoms with Crippen LogP contribution in [0.4, 0.5) is 8.78 Å². The van der Waals surface area contributed by atoms with Crippen LogP contribution in [0.2, 0.25) is 0 Å². The number of hydrogen-bond acceptors (Lipinski definition) is 9. The van der Waals surface area contributed by atoms with Crippen molar-refractivity contribution in [1.82, 2.24) is 24.9 Å². The third-order valence-electron chi connectivity index (χ3n) is 9.73. The Labute approximate surface area is 292 Å². The molecule has 0 bridgehead atoms. The number of nitrogens with one attached hydrogen (secondary N) is 1. The normalized spacial score (nSPS) is 18.7. The maximum atomic E-state index is 13.3. The van der Waals surface area contributed by atoms with Gasteiger partial charge in [-0.25, -0.2) is 13.8 Å². The summed E-state index contributed by atoms with van der Waals surface area (Å²) in [5.74, 6) is 1.09. The van der Waals surface area contributed by atoms with E-state index in [4.69, 9.17) is 9.36 Å². The van der Waals surface area contributed by atoms with Gasteiger partial charge in [-0.3, -0.25) is 9.36 Å². The van der Waals surface area contributed by atoms with Gasteiger partial charge in [0.25, 0.3) is 5.56 Å². The number of aromatic nitrogens is 3. The van der Waals surface area contributed by atoms with Crippen LogP contribution >= 0.6 is 0 Å². The number of piperidine rings is 2. The molecule has 3 aliphatic heterocycles. The van der Waals surface area contributed by atoms with Crippen LogP contribution < -0.4 is 15.7 Å². The molecule has 10 nitrogen and oxygen atoms in total. The number of likely N-dealkylation sites (tertiary alicyclic amines) is 1. The molecule has 2 N–H and O–H groups in total. The van der Waals surface area contributed by atoms with Crippen molar-refractivity contribution in [2.75, 3.05) is 32.7 Å². The lowest BCUT2D eigenvalue weighted by Crippen LogP contribution is -2.38. The zero-order valence-electron chi connectivity index (χ0n) is 29.6. The molecule has 2 aromatic carbocycles. The third-order valence-corrected chi connectivity index (χ3v) is 9.73. The van der Waals surface area contributed by atoms with E-state index in [1.54, 1.807) is 16.7 Å². The third kappa shape index (κ3) is 9.21. The van der Waals surface area contributed by atoms with E-state index in [0.29, 0.717) is 48.4 Å². The number of aryl methyl sites for hydroxylation is 2. The molecule has 1 atom stereocenters. The van der Waals surface area contributed by atoms with Crippen molar-refractivity contribution < 1.29 is 23.2 Å². The topological polar surface area (TPSA) is 118 Å². The summed E-state index contributed by atoms with van der Waals surface area (Å²) in [7, 11) is 0. The molecule has 12 heteroatoms.